The van der Waals surface area contributed by atoms with E-state index in [1.165, 1.54) is 0 Å². The Morgan fingerprint density at radius 1 is 1.18 bits per heavy atom. The number of carbonyl (C=O) groups excluding carboxylic acids is 1. The van der Waals surface area contributed by atoms with Crippen LogP contribution < -0.4 is 11.1 Å². The fourth-order valence-electron chi connectivity index (χ4n) is 1.29. The van der Waals surface area contributed by atoms with Crippen LogP contribution in [0.25, 0.3) is 0 Å². The molecule has 0 aromatic carbocycles. The fraction of sp³-hybridized carbons (Fsp3) is 0.818. The lowest BCUT2D eigenvalue weighted by Gasteiger charge is -2.05. The summed E-state index contributed by atoms with van der Waals surface area (Å²) in [5, 5.41) is 11.0. The van der Waals surface area contributed by atoms with E-state index in [9.17, 15) is 9.59 Å². The predicted octanol–water partition coefficient (Wildman–Crippen LogP) is 0.113. The molecule has 0 aliphatic heterocycles. The molecular formula is C11H22N2O4. The molecule has 100 valence electrons. The Balaban J connectivity index is 3.20. The van der Waals surface area contributed by atoms with Gasteiger partial charge in [-0.2, -0.15) is 0 Å². The molecule has 0 saturated heterocycles. The Morgan fingerprint density at radius 3 is 2.53 bits per heavy atom. The minimum Gasteiger partial charge on any atom is -0.480 e. The number of amides is 1. The molecule has 6 heteroatoms. The highest BCUT2D eigenvalue weighted by Crippen LogP contribution is 2.01. The molecule has 0 aromatic heterocycles. The molecule has 0 rings (SSSR count). The van der Waals surface area contributed by atoms with E-state index in [4.69, 9.17) is 15.6 Å². The van der Waals surface area contributed by atoms with Crippen LogP contribution in [0, 0.1) is 0 Å². The number of carbonyl (C=O) groups is 2. The van der Waals surface area contributed by atoms with Gasteiger partial charge < -0.3 is 20.9 Å². The number of unbranched alkanes of at least 4 members (excludes halogenated alkanes) is 3. The summed E-state index contributed by atoms with van der Waals surface area (Å²) in [5.74, 6) is -1.02. The second kappa shape index (κ2) is 11.3. The first-order valence-corrected chi connectivity index (χ1v) is 5.93. The third kappa shape index (κ3) is 12.8. The number of ether oxygens (including phenoxy) is 1. The third-order valence-corrected chi connectivity index (χ3v) is 2.15. The number of hydrogen-bond donors (Lipinski definition) is 3. The minimum atomic E-state index is -1.00. The van der Waals surface area contributed by atoms with Crippen molar-refractivity contribution in [1.82, 2.24) is 5.32 Å². The van der Waals surface area contributed by atoms with Gasteiger partial charge in [-0.05, 0) is 19.4 Å². The lowest BCUT2D eigenvalue weighted by molar-refractivity contribution is -0.142. The number of hydrogen-bond acceptors (Lipinski definition) is 4. The molecule has 1 amide bonds. The summed E-state index contributed by atoms with van der Waals surface area (Å²) >= 11 is 0. The molecule has 4 N–H and O–H groups in total. The normalized spacial score (nSPS) is 10.2. The molecule has 0 atom stereocenters. The maximum atomic E-state index is 11.3. The molecule has 0 aliphatic carbocycles. The van der Waals surface area contributed by atoms with Crippen molar-refractivity contribution in [1.29, 1.82) is 0 Å². The molecule has 0 unspecified atom stereocenters. The van der Waals surface area contributed by atoms with Gasteiger partial charge in [-0.1, -0.05) is 12.8 Å². The van der Waals surface area contributed by atoms with Crippen molar-refractivity contribution in [2.75, 3.05) is 26.3 Å². The molecule has 6 nitrogen and oxygen atoms in total. The van der Waals surface area contributed by atoms with Crippen molar-refractivity contribution in [3.8, 4) is 0 Å². The Bertz CT molecular complexity index is 222. The van der Waals surface area contributed by atoms with Gasteiger partial charge in [0.15, 0.2) is 0 Å². The zero-order valence-corrected chi connectivity index (χ0v) is 10.1. The van der Waals surface area contributed by atoms with E-state index in [1.54, 1.807) is 0 Å². The van der Waals surface area contributed by atoms with Crippen LogP contribution in [0.1, 0.15) is 32.1 Å². The van der Waals surface area contributed by atoms with E-state index in [2.05, 4.69) is 5.32 Å². The average molecular weight is 246 g/mol. The first-order chi connectivity index (χ1) is 8.16. The molecule has 0 aromatic rings. The van der Waals surface area contributed by atoms with Crippen LogP contribution in [-0.2, 0) is 14.3 Å². The van der Waals surface area contributed by atoms with E-state index in [0.717, 1.165) is 25.7 Å². The van der Waals surface area contributed by atoms with E-state index in [0.29, 0.717) is 19.5 Å². The van der Waals surface area contributed by atoms with E-state index < -0.39 is 5.97 Å². The fourth-order valence-corrected chi connectivity index (χ4v) is 1.29. The van der Waals surface area contributed by atoms with Gasteiger partial charge in [0.25, 0.3) is 0 Å². The zero-order chi connectivity index (χ0) is 12.9. The summed E-state index contributed by atoms with van der Waals surface area (Å²) in [6, 6.07) is 0. The summed E-state index contributed by atoms with van der Waals surface area (Å²) in [6.45, 7) is 0.961. The van der Waals surface area contributed by atoms with Gasteiger partial charge in [0, 0.05) is 13.0 Å². The summed E-state index contributed by atoms with van der Waals surface area (Å²) in [7, 11) is 0. The SMILES string of the molecule is NCCCCCCC(=O)NCCOCC(=O)O. The molecule has 0 aliphatic rings. The standard InChI is InChI=1S/C11H22N2O4/c12-6-4-2-1-3-5-10(14)13-7-8-17-9-11(15)16/h1-9,12H2,(H,13,14)(H,15,16). The van der Waals surface area contributed by atoms with Crippen LogP contribution in [0.2, 0.25) is 0 Å². The first-order valence-electron chi connectivity index (χ1n) is 5.93. The number of carboxylic acids is 1. The molecule has 0 radical (unpaired) electrons. The van der Waals surface area contributed by atoms with Gasteiger partial charge in [0.1, 0.15) is 6.61 Å². The van der Waals surface area contributed by atoms with Crippen molar-refractivity contribution >= 4 is 11.9 Å². The minimum absolute atomic E-state index is 0.0170. The maximum absolute atomic E-state index is 11.3. The molecule has 0 spiro atoms. The maximum Gasteiger partial charge on any atom is 0.329 e. The van der Waals surface area contributed by atoms with Gasteiger partial charge in [-0.15, -0.1) is 0 Å². The average Bonchev–Trinajstić information content (AvgIpc) is 2.28. The van der Waals surface area contributed by atoms with Crippen LogP contribution >= 0.6 is 0 Å². The molecular weight excluding hydrogens is 224 g/mol. The van der Waals surface area contributed by atoms with Gasteiger partial charge in [0.2, 0.25) is 5.91 Å². The topological polar surface area (TPSA) is 102 Å². The lowest BCUT2D eigenvalue weighted by Crippen LogP contribution is -2.27. The highest BCUT2D eigenvalue weighted by atomic mass is 16.5. The van der Waals surface area contributed by atoms with E-state index in [-0.39, 0.29) is 19.1 Å². The smallest absolute Gasteiger partial charge is 0.329 e. The lowest BCUT2D eigenvalue weighted by atomic mass is 10.1. The first kappa shape index (κ1) is 15.9. The van der Waals surface area contributed by atoms with Crippen LogP contribution in [0.4, 0.5) is 0 Å². The second-order valence-electron chi connectivity index (χ2n) is 3.75. The van der Waals surface area contributed by atoms with Crippen molar-refractivity contribution in [3.63, 3.8) is 0 Å². The number of rotatable bonds is 11. The molecule has 0 saturated carbocycles. The van der Waals surface area contributed by atoms with Crippen molar-refractivity contribution < 1.29 is 19.4 Å². The number of carboxylic acid groups (broad SMARTS) is 1. The summed E-state index contributed by atoms with van der Waals surface area (Å²) in [5.41, 5.74) is 5.35. The largest absolute Gasteiger partial charge is 0.480 e. The van der Waals surface area contributed by atoms with Crippen molar-refractivity contribution in [2.45, 2.75) is 32.1 Å². The highest BCUT2D eigenvalue weighted by molar-refractivity contribution is 5.75. The zero-order valence-electron chi connectivity index (χ0n) is 10.1. The summed E-state index contributed by atoms with van der Waals surface area (Å²) < 4.78 is 4.77. The van der Waals surface area contributed by atoms with Crippen LogP contribution in [0.3, 0.4) is 0 Å². The van der Waals surface area contributed by atoms with Crippen molar-refractivity contribution in [3.05, 3.63) is 0 Å². The van der Waals surface area contributed by atoms with Gasteiger partial charge in [0.05, 0.1) is 6.61 Å². The van der Waals surface area contributed by atoms with Crippen LogP contribution in [0.5, 0.6) is 0 Å². The Labute approximate surface area is 102 Å². The Kier molecular flexibility index (Phi) is 10.6. The Hall–Kier alpha value is -1.14. The number of nitrogens with two attached hydrogens (primary N) is 1. The van der Waals surface area contributed by atoms with E-state index in [1.807, 2.05) is 0 Å². The van der Waals surface area contributed by atoms with Gasteiger partial charge >= 0.3 is 5.97 Å². The summed E-state index contributed by atoms with van der Waals surface area (Å²) in [6.07, 6.45) is 4.45. The summed E-state index contributed by atoms with van der Waals surface area (Å²) in [4.78, 5) is 21.4. The van der Waals surface area contributed by atoms with E-state index >= 15 is 0 Å². The quantitative estimate of drug-likeness (QED) is 0.449. The van der Waals surface area contributed by atoms with Crippen LogP contribution in [-0.4, -0.2) is 43.3 Å². The highest BCUT2D eigenvalue weighted by Gasteiger charge is 2.01. The Morgan fingerprint density at radius 2 is 1.88 bits per heavy atom. The number of nitrogens with one attached hydrogen (secondary N) is 1. The second-order valence-corrected chi connectivity index (χ2v) is 3.75. The third-order valence-electron chi connectivity index (χ3n) is 2.15. The van der Waals surface area contributed by atoms with Crippen LogP contribution in [0.15, 0.2) is 0 Å². The molecule has 0 fully saturated rings. The number of aliphatic carboxylic acids is 1. The monoisotopic (exact) mass is 246 g/mol. The predicted molar refractivity (Wildman–Crippen MR) is 63.6 cm³/mol. The molecule has 0 heterocycles. The van der Waals surface area contributed by atoms with Crippen molar-refractivity contribution in [2.24, 2.45) is 5.73 Å². The molecule has 17 heavy (non-hydrogen) atoms. The van der Waals surface area contributed by atoms with Gasteiger partial charge in [-0.3, -0.25) is 4.79 Å². The molecule has 0 bridgehead atoms. The van der Waals surface area contributed by atoms with Gasteiger partial charge in [-0.25, -0.2) is 4.79 Å².